The van der Waals surface area contributed by atoms with Gasteiger partial charge in [0.25, 0.3) is 0 Å². The van der Waals surface area contributed by atoms with Gasteiger partial charge < -0.3 is 4.42 Å². The summed E-state index contributed by atoms with van der Waals surface area (Å²) in [6, 6.07) is 9.57. The molecule has 0 fully saturated rings. The Morgan fingerprint density at radius 3 is 2.59 bits per heavy atom. The Balaban J connectivity index is 1.79. The number of hydrogen-bond acceptors (Lipinski definition) is 7. The lowest BCUT2D eigenvalue weighted by molar-refractivity contribution is 0.485. The second-order valence-electron chi connectivity index (χ2n) is 5.76. The van der Waals surface area contributed by atoms with E-state index < -0.39 is 0 Å². The standard InChI is InChI=1S/C18H15ClN6OS/c1-11-14(19)4-3-5-15(11)25-17(13-6-8-20-9-7-13)23-24-18(25)27-10-16-22-21-12(2)26-16/h3-9H,10H2,1-2H3. The number of aryl methyl sites for hydroxylation is 1. The Labute approximate surface area is 164 Å². The van der Waals surface area contributed by atoms with E-state index in [-0.39, 0.29) is 0 Å². The number of halogens is 1. The fraction of sp³-hybridized carbons (Fsp3) is 0.167. The van der Waals surface area contributed by atoms with Gasteiger partial charge in [-0.2, -0.15) is 0 Å². The third kappa shape index (κ3) is 3.58. The number of pyridine rings is 1. The normalized spacial score (nSPS) is 11.1. The van der Waals surface area contributed by atoms with Crippen LogP contribution in [0.2, 0.25) is 5.02 Å². The molecule has 3 aromatic heterocycles. The lowest BCUT2D eigenvalue weighted by Crippen LogP contribution is -2.02. The number of aromatic nitrogens is 6. The first-order chi connectivity index (χ1) is 13.1. The zero-order chi connectivity index (χ0) is 18.8. The fourth-order valence-electron chi connectivity index (χ4n) is 2.63. The first-order valence-electron chi connectivity index (χ1n) is 8.16. The lowest BCUT2D eigenvalue weighted by Gasteiger charge is -2.13. The van der Waals surface area contributed by atoms with Crippen LogP contribution in [0, 0.1) is 13.8 Å². The molecule has 0 saturated heterocycles. The van der Waals surface area contributed by atoms with Crippen molar-refractivity contribution in [1.82, 2.24) is 29.9 Å². The maximum absolute atomic E-state index is 6.35. The predicted octanol–water partition coefficient (Wildman–Crippen LogP) is 4.27. The van der Waals surface area contributed by atoms with Crippen LogP contribution in [0.25, 0.3) is 17.1 Å². The highest BCUT2D eigenvalue weighted by Crippen LogP contribution is 2.32. The van der Waals surface area contributed by atoms with E-state index in [4.69, 9.17) is 16.0 Å². The quantitative estimate of drug-likeness (QED) is 0.464. The Morgan fingerprint density at radius 2 is 1.85 bits per heavy atom. The SMILES string of the molecule is Cc1nnc(CSc2nnc(-c3ccncc3)n2-c2cccc(Cl)c2C)o1. The number of hydrogen-bond donors (Lipinski definition) is 0. The van der Waals surface area contributed by atoms with Gasteiger partial charge in [-0.3, -0.25) is 9.55 Å². The van der Waals surface area contributed by atoms with Crippen molar-refractivity contribution in [2.24, 2.45) is 0 Å². The molecule has 0 bridgehead atoms. The van der Waals surface area contributed by atoms with Crippen LogP contribution in [0.4, 0.5) is 0 Å². The molecule has 9 heteroatoms. The molecule has 0 aliphatic heterocycles. The summed E-state index contributed by atoms with van der Waals surface area (Å²) in [4.78, 5) is 4.08. The van der Waals surface area contributed by atoms with E-state index in [1.165, 1.54) is 11.8 Å². The topological polar surface area (TPSA) is 82.5 Å². The molecule has 0 atom stereocenters. The molecular formula is C18H15ClN6OS. The second-order valence-corrected chi connectivity index (χ2v) is 7.11. The summed E-state index contributed by atoms with van der Waals surface area (Å²) in [5.74, 6) is 2.29. The molecule has 0 N–H and O–H groups in total. The molecule has 1 aromatic carbocycles. The van der Waals surface area contributed by atoms with Gasteiger partial charge >= 0.3 is 0 Å². The van der Waals surface area contributed by atoms with Crippen molar-refractivity contribution < 1.29 is 4.42 Å². The van der Waals surface area contributed by atoms with Crippen molar-refractivity contribution in [1.29, 1.82) is 0 Å². The zero-order valence-corrected chi connectivity index (χ0v) is 16.2. The smallest absolute Gasteiger partial charge is 0.226 e. The highest BCUT2D eigenvalue weighted by molar-refractivity contribution is 7.98. The second kappa shape index (κ2) is 7.50. The van der Waals surface area contributed by atoms with Gasteiger partial charge in [-0.05, 0) is 36.8 Å². The number of thioether (sulfide) groups is 1. The van der Waals surface area contributed by atoms with Crippen molar-refractivity contribution in [3.05, 3.63) is 65.1 Å². The van der Waals surface area contributed by atoms with Crippen LogP contribution in [-0.4, -0.2) is 29.9 Å². The maximum atomic E-state index is 6.35. The van der Waals surface area contributed by atoms with Crippen molar-refractivity contribution in [2.75, 3.05) is 0 Å². The van der Waals surface area contributed by atoms with E-state index in [0.29, 0.717) is 33.5 Å². The summed E-state index contributed by atoms with van der Waals surface area (Å²) in [6.45, 7) is 3.74. The van der Waals surface area contributed by atoms with Gasteiger partial charge in [-0.1, -0.05) is 29.4 Å². The molecule has 7 nitrogen and oxygen atoms in total. The number of rotatable bonds is 5. The molecule has 0 radical (unpaired) electrons. The predicted molar refractivity (Wildman–Crippen MR) is 103 cm³/mol. The number of benzene rings is 1. The third-order valence-electron chi connectivity index (χ3n) is 3.94. The van der Waals surface area contributed by atoms with Crippen LogP contribution in [-0.2, 0) is 5.75 Å². The van der Waals surface area contributed by atoms with E-state index in [9.17, 15) is 0 Å². The summed E-state index contributed by atoms with van der Waals surface area (Å²) in [7, 11) is 0. The van der Waals surface area contributed by atoms with Gasteiger partial charge in [-0.15, -0.1) is 20.4 Å². The minimum atomic E-state index is 0.495. The van der Waals surface area contributed by atoms with Crippen LogP contribution in [0.5, 0.6) is 0 Å². The molecule has 0 amide bonds. The zero-order valence-electron chi connectivity index (χ0n) is 14.6. The summed E-state index contributed by atoms with van der Waals surface area (Å²) in [5.41, 5.74) is 2.78. The molecule has 0 unspecified atom stereocenters. The molecule has 136 valence electrons. The fourth-order valence-corrected chi connectivity index (χ4v) is 3.58. The molecule has 0 aliphatic carbocycles. The Morgan fingerprint density at radius 1 is 1.04 bits per heavy atom. The largest absolute Gasteiger partial charge is 0.425 e. The first kappa shape index (κ1) is 17.7. The Bertz CT molecular complexity index is 1080. The summed E-state index contributed by atoms with van der Waals surface area (Å²) in [5, 5.41) is 18.1. The lowest BCUT2D eigenvalue weighted by atomic mass is 10.2. The van der Waals surface area contributed by atoms with Crippen LogP contribution < -0.4 is 0 Å². The van der Waals surface area contributed by atoms with Gasteiger partial charge in [0.05, 0.1) is 11.4 Å². The Hall–Kier alpha value is -2.71. The molecule has 0 aliphatic rings. The molecular weight excluding hydrogens is 384 g/mol. The van der Waals surface area contributed by atoms with E-state index in [2.05, 4.69) is 25.4 Å². The molecule has 4 rings (SSSR count). The molecule has 0 saturated carbocycles. The van der Waals surface area contributed by atoms with Crippen LogP contribution in [0.15, 0.2) is 52.3 Å². The van der Waals surface area contributed by atoms with Crippen molar-refractivity contribution >= 4 is 23.4 Å². The highest BCUT2D eigenvalue weighted by atomic mass is 35.5. The summed E-state index contributed by atoms with van der Waals surface area (Å²) >= 11 is 7.83. The van der Waals surface area contributed by atoms with Gasteiger partial charge in [0.2, 0.25) is 11.8 Å². The molecule has 0 spiro atoms. The summed E-state index contributed by atoms with van der Waals surface area (Å²) < 4.78 is 7.45. The third-order valence-corrected chi connectivity index (χ3v) is 5.27. The minimum absolute atomic E-state index is 0.495. The first-order valence-corrected chi connectivity index (χ1v) is 9.53. The maximum Gasteiger partial charge on any atom is 0.226 e. The highest BCUT2D eigenvalue weighted by Gasteiger charge is 2.19. The monoisotopic (exact) mass is 398 g/mol. The van der Waals surface area contributed by atoms with E-state index in [0.717, 1.165) is 16.8 Å². The van der Waals surface area contributed by atoms with E-state index in [1.807, 2.05) is 41.8 Å². The van der Waals surface area contributed by atoms with Crippen molar-refractivity contribution in [3.63, 3.8) is 0 Å². The number of nitrogens with zero attached hydrogens (tertiary/aromatic N) is 6. The van der Waals surface area contributed by atoms with Gasteiger partial charge in [0.1, 0.15) is 0 Å². The average molecular weight is 399 g/mol. The van der Waals surface area contributed by atoms with Crippen LogP contribution >= 0.6 is 23.4 Å². The molecule has 3 heterocycles. The molecule has 27 heavy (non-hydrogen) atoms. The van der Waals surface area contributed by atoms with Crippen molar-refractivity contribution in [2.45, 2.75) is 24.8 Å². The molecule has 4 aromatic rings. The van der Waals surface area contributed by atoms with Gasteiger partial charge in [-0.25, -0.2) is 0 Å². The van der Waals surface area contributed by atoms with Crippen molar-refractivity contribution in [3.8, 4) is 17.1 Å². The van der Waals surface area contributed by atoms with Crippen LogP contribution in [0.1, 0.15) is 17.3 Å². The van der Waals surface area contributed by atoms with Gasteiger partial charge in [0.15, 0.2) is 11.0 Å². The van der Waals surface area contributed by atoms with E-state index in [1.54, 1.807) is 19.3 Å². The van der Waals surface area contributed by atoms with Crippen LogP contribution in [0.3, 0.4) is 0 Å². The van der Waals surface area contributed by atoms with Gasteiger partial charge in [0, 0.05) is 29.9 Å². The van der Waals surface area contributed by atoms with E-state index >= 15 is 0 Å². The average Bonchev–Trinajstić information content (AvgIpc) is 3.29. The minimum Gasteiger partial charge on any atom is -0.425 e. The Kier molecular flexibility index (Phi) is 4.91. The summed E-state index contributed by atoms with van der Waals surface area (Å²) in [6.07, 6.45) is 3.46.